The molecule has 0 radical (unpaired) electrons. The molecule has 0 atom stereocenters. The Morgan fingerprint density at radius 3 is 2.33 bits per heavy atom. The molecule has 0 aliphatic carbocycles. The van der Waals surface area contributed by atoms with E-state index in [9.17, 15) is 13.2 Å². The summed E-state index contributed by atoms with van der Waals surface area (Å²) in [5, 5.41) is 8.91. The van der Waals surface area contributed by atoms with Gasteiger partial charge in [-0.25, -0.2) is 13.4 Å². The highest BCUT2D eigenvalue weighted by atomic mass is 32.2. The second kappa shape index (κ2) is 6.43. The molecule has 0 spiro atoms. The van der Waals surface area contributed by atoms with Gasteiger partial charge in [-0.15, -0.1) is 0 Å². The summed E-state index contributed by atoms with van der Waals surface area (Å²) in [5.41, 5.74) is 0.604. The lowest BCUT2D eigenvalue weighted by molar-refractivity contribution is -0.135. The zero-order valence-corrected chi connectivity index (χ0v) is 13.6. The molecule has 21 heavy (non-hydrogen) atoms. The highest BCUT2D eigenvalue weighted by Crippen LogP contribution is 2.24. The first-order valence-corrected chi connectivity index (χ1v) is 8.25. The van der Waals surface area contributed by atoms with Gasteiger partial charge in [-0.2, -0.15) is 0 Å². The molecule has 1 aromatic heterocycles. The standard InChI is InChI=1S/C14H22N2O4S/c1-5-8-16(10-13(17)18)11-6-7-12(15-9-11)21(19,20)14(2,3)4/h6-7,9H,5,8,10H2,1-4H3,(H,17,18). The minimum Gasteiger partial charge on any atom is -0.480 e. The number of rotatable bonds is 6. The van der Waals surface area contributed by atoms with Gasteiger partial charge in [0, 0.05) is 6.54 Å². The molecule has 7 heteroatoms. The Labute approximate surface area is 125 Å². The molecule has 6 nitrogen and oxygen atoms in total. The van der Waals surface area contributed by atoms with Gasteiger partial charge in [0.25, 0.3) is 0 Å². The quantitative estimate of drug-likeness (QED) is 0.863. The molecule has 0 aromatic carbocycles. The van der Waals surface area contributed by atoms with Gasteiger partial charge in [-0.3, -0.25) is 4.79 Å². The van der Waals surface area contributed by atoms with Crippen molar-refractivity contribution in [2.24, 2.45) is 0 Å². The SMILES string of the molecule is CCCN(CC(=O)O)c1ccc(S(=O)(=O)C(C)(C)C)nc1. The Balaban J connectivity index is 3.09. The number of hydrogen-bond donors (Lipinski definition) is 1. The van der Waals surface area contributed by atoms with Gasteiger partial charge in [-0.1, -0.05) is 6.92 Å². The van der Waals surface area contributed by atoms with Crippen LogP contribution in [0.3, 0.4) is 0 Å². The summed E-state index contributed by atoms with van der Waals surface area (Å²) in [6, 6.07) is 3.03. The number of nitrogens with zero attached hydrogens (tertiary/aromatic N) is 2. The van der Waals surface area contributed by atoms with Crippen LogP contribution in [-0.2, 0) is 14.6 Å². The van der Waals surface area contributed by atoms with Crippen molar-refractivity contribution in [2.75, 3.05) is 18.0 Å². The summed E-state index contributed by atoms with van der Waals surface area (Å²) < 4.78 is 23.6. The van der Waals surface area contributed by atoms with E-state index in [4.69, 9.17) is 5.11 Å². The third kappa shape index (κ3) is 4.17. The number of anilines is 1. The zero-order valence-electron chi connectivity index (χ0n) is 12.8. The average Bonchev–Trinajstić information content (AvgIpc) is 2.36. The lowest BCUT2D eigenvalue weighted by atomic mass is 10.3. The molecular formula is C14H22N2O4S. The fourth-order valence-corrected chi connectivity index (χ4v) is 2.83. The molecule has 118 valence electrons. The number of hydrogen-bond acceptors (Lipinski definition) is 5. The number of carboxylic acid groups (broad SMARTS) is 1. The maximum Gasteiger partial charge on any atom is 0.323 e. The summed E-state index contributed by atoms with van der Waals surface area (Å²) in [4.78, 5) is 16.5. The Hall–Kier alpha value is -1.63. The van der Waals surface area contributed by atoms with Crippen molar-refractivity contribution in [1.82, 2.24) is 4.98 Å². The second-order valence-electron chi connectivity index (χ2n) is 5.79. The fraction of sp³-hybridized carbons (Fsp3) is 0.571. The summed E-state index contributed by atoms with van der Waals surface area (Å²) in [7, 11) is -3.50. The van der Waals surface area contributed by atoms with Crippen molar-refractivity contribution in [2.45, 2.75) is 43.9 Å². The van der Waals surface area contributed by atoms with Gasteiger partial charge in [0.1, 0.15) is 6.54 Å². The highest BCUT2D eigenvalue weighted by molar-refractivity contribution is 7.92. The molecule has 1 N–H and O–H groups in total. The van der Waals surface area contributed by atoms with E-state index in [0.717, 1.165) is 6.42 Å². The van der Waals surface area contributed by atoms with Crippen LogP contribution in [0.2, 0.25) is 0 Å². The van der Waals surface area contributed by atoms with Crippen LogP contribution in [0.1, 0.15) is 34.1 Å². The molecule has 0 unspecified atom stereocenters. The van der Waals surface area contributed by atoms with Crippen LogP contribution in [-0.4, -0.2) is 42.3 Å². The molecule has 1 aromatic rings. The van der Waals surface area contributed by atoms with Gasteiger partial charge in [-0.05, 0) is 39.3 Å². The summed E-state index contributed by atoms with van der Waals surface area (Å²) in [6.45, 7) is 7.23. The highest BCUT2D eigenvalue weighted by Gasteiger charge is 2.32. The monoisotopic (exact) mass is 314 g/mol. The first-order chi connectivity index (χ1) is 9.59. The molecular weight excluding hydrogens is 292 g/mol. The van der Waals surface area contributed by atoms with Crippen molar-refractivity contribution in [3.63, 3.8) is 0 Å². The molecule has 0 aliphatic rings. The van der Waals surface area contributed by atoms with E-state index in [0.29, 0.717) is 12.2 Å². The van der Waals surface area contributed by atoms with Gasteiger partial charge in [0.2, 0.25) is 0 Å². The number of pyridine rings is 1. The predicted octanol–water partition coefficient (Wildman–Crippen LogP) is 1.95. The Morgan fingerprint density at radius 1 is 1.33 bits per heavy atom. The summed E-state index contributed by atoms with van der Waals surface area (Å²) in [5.74, 6) is -0.935. The minimum absolute atomic E-state index is 0.00511. The van der Waals surface area contributed by atoms with Gasteiger partial charge < -0.3 is 10.0 Å². The number of carboxylic acids is 1. The molecule has 0 saturated heterocycles. The van der Waals surface area contributed by atoms with E-state index < -0.39 is 20.6 Å². The molecule has 0 amide bonds. The second-order valence-corrected chi connectivity index (χ2v) is 8.44. The number of aromatic nitrogens is 1. The van der Waals surface area contributed by atoms with Crippen molar-refractivity contribution >= 4 is 21.5 Å². The van der Waals surface area contributed by atoms with Crippen LogP contribution in [0, 0.1) is 0 Å². The van der Waals surface area contributed by atoms with Gasteiger partial charge in [0.15, 0.2) is 14.9 Å². The van der Waals surface area contributed by atoms with Gasteiger partial charge >= 0.3 is 5.97 Å². The largest absolute Gasteiger partial charge is 0.480 e. The normalized spacial score (nSPS) is 12.2. The lowest BCUT2D eigenvalue weighted by Gasteiger charge is -2.23. The smallest absolute Gasteiger partial charge is 0.323 e. The molecule has 0 saturated carbocycles. The molecule has 0 fully saturated rings. The Kier molecular flexibility index (Phi) is 5.33. The Morgan fingerprint density at radius 2 is 1.95 bits per heavy atom. The number of aliphatic carboxylic acids is 1. The average molecular weight is 314 g/mol. The van der Waals surface area contributed by atoms with Crippen molar-refractivity contribution in [3.05, 3.63) is 18.3 Å². The number of carbonyl (C=O) groups is 1. The maximum atomic E-state index is 12.3. The molecule has 1 rings (SSSR count). The summed E-state index contributed by atoms with van der Waals surface area (Å²) >= 11 is 0. The zero-order chi connectivity index (χ0) is 16.3. The third-order valence-corrected chi connectivity index (χ3v) is 5.39. The van der Waals surface area contributed by atoms with Crippen molar-refractivity contribution in [1.29, 1.82) is 0 Å². The van der Waals surface area contributed by atoms with E-state index >= 15 is 0 Å². The van der Waals surface area contributed by atoms with Crippen LogP contribution in [0.5, 0.6) is 0 Å². The number of sulfone groups is 1. The molecule has 0 aliphatic heterocycles. The minimum atomic E-state index is -3.50. The van der Waals surface area contributed by atoms with E-state index in [1.807, 2.05) is 6.92 Å². The van der Waals surface area contributed by atoms with E-state index in [-0.39, 0.29) is 11.6 Å². The Bertz CT molecular complexity index is 588. The van der Waals surface area contributed by atoms with E-state index in [1.54, 1.807) is 31.7 Å². The van der Waals surface area contributed by atoms with Crippen LogP contribution in [0.15, 0.2) is 23.4 Å². The topological polar surface area (TPSA) is 87.6 Å². The van der Waals surface area contributed by atoms with Crippen molar-refractivity contribution < 1.29 is 18.3 Å². The van der Waals surface area contributed by atoms with Gasteiger partial charge in [0.05, 0.1) is 16.6 Å². The lowest BCUT2D eigenvalue weighted by Crippen LogP contribution is -2.31. The van der Waals surface area contributed by atoms with Crippen LogP contribution in [0.25, 0.3) is 0 Å². The first-order valence-electron chi connectivity index (χ1n) is 6.77. The first kappa shape index (κ1) is 17.4. The van der Waals surface area contributed by atoms with E-state index in [1.165, 1.54) is 12.3 Å². The fourth-order valence-electron chi connectivity index (χ4n) is 1.76. The van der Waals surface area contributed by atoms with E-state index in [2.05, 4.69) is 4.98 Å². The molecule has 0 bridgehead atoms. The van der Waals surface area contributed by atoms with Crippen LogP contribution in [0.4, 0.5) is 5.69 Å². The maximum absolute atomic E-state index is 12.3. The van der Waals surface area contributed by atoms with Crippen LogP contribution < -0.4 is 4.90 Å². The van der Waals surface area contributed by atoms with Crippen molar-refractivity contribution in [3.8, 4) is 0 Å². The summed E-state index contributed by atoms with van der Waals surface area (Å²) in [6.07, 6.45) is 2.20. The predicted molar refractivity (Wildman–Crippen MR) is 81.3 cm³/mol. The third-order valence-electron chi connectivity index (χ3n) is 2.99. The van der Waals surface area contributed by atoms with Crippen LogP contribution >= 0.6 is 0 Å². The molecule has 1 heterocycles.